The summed E-state index contributed by atoms with van der Waals surface area (Å²) in [5.74, 6) is 0.496. The van der Waals surface area contributed by atoms with E-state index in [1.54, 1.807) is 18.2 Å². The maximum Gasteiger partial charge on any atom is 0.416 e. The highest BCUT2D eigenvalue weighted by Crippen LogP contribution is 2.35. The van der Waals surface area contributed by atoms with Crippen molar-refractivity contribution in [3.05, 3.63) is 60.4 Å². The van der Waals surface area contributed by atoms with Gasteiger partial charge in [-0.25, -0.2) is 23.4 Å². The van der Waals surface area contributed by atoms with E-state index in [0.717, 1.165) is 29.7 Å². The van der Waals surface area contributed by atoms with Gasteiger partial charge in [-0.15, -0.1) is 0 Å². The summed E-state index contributed by atoms with van der Waals surface area (Å²) in [5, 5.41) is 0.196. The third-order valence-electron chi connectivity index (χ3n) is 4.02. The largest absolute Gasteiger partial charge is 0.437 e. The summed E-state index contributed by atoms with van der Waals surface area (Å²) in [6, 6.07) is 11.2. The Bertz CT molecular complexity index is 1350. The lowest BCUT2D eigenvalue weighted by molar-refractivity contribution is -0.137. The molecule has 4 rings (SSSR count). The highest BCUT2D eigenvalue weighted by atomic mass is 32.2. The van der Waals surface area contributed by atoms with Crippen LogP contribution in [0.15, 0.2) is 54.9 Å². The fourth-order valence-corrected chi connectivity index (χ4v) is 4.42. The SMILES string of the molecule is CS(=O)(=O)Nc1nc2c(Oc3cc(-c4ccc(C(F)(F)F)cc4)ncn3)cccc2s1. The fourth-order valence-electron chi connectivity index (χ4n) is 2.70. The first-order chi connectivity index (χ1) is 14.6. The number of halogens is 3. The first kappa shape index (κ1) is 21.0. The third kappa shape index (κ3) is 4.91. The molecule has 7 nitrogen and oxygen atoms in total. The van der Waals surface area contributed by atoms with E-state index in [9.17, 15) is 21.6 Å². The van der Waals surface area contributed by atoms with E-state index in [0.29, 0.717) is 27.2 Å². The molecule has 0 aliphatic rings. The van der Waals surface area contributed by atoms with Crippen LogP contribution in [0.25, 0.3) is 21.5 Å². The molecular weight excluding hydrogens is 453 g/mol. The molecule has 4 aromatic rings. The highest BCUT2D eigenvalue weighted by Gasteiger charge is 2.30. The molecule has 0 saturated heterocycles. The van der Waals surface area contributed by atoms with Crippen LogP contribution in [0.1, 0.15) is 5.56 Å². The molecule has 0 saturated carbocycles. The van der Waals surface area contributed by atoms with Crippen LogP contribution >= 0.6 is 11.3 Å². The molecule has 1 N–H and O–H groups in total. The molecule has 0 bridgehead atoms. The number of ether oxygens (including phenoxy) is 1. The normalized spacial score (nSPS) is 12.1. The number of anilines is 1. The number of aromatic nitrogens is 3. The van der Waals surface area contributed by atoms with Crippen LogP contribution in [0.5, 0.6) is 11.6 Å². The van der Waals surface area contributed by atoms with E-state index in [1.165, 1.54) is 24.5 Å². The standard InChI is InChI=1S/C19H13F3N4O3S2/c1-31(27,28)26-18-25-17-14(3-2-4-15(17)30-18)29-16-9-13(23-10-24-16)11-5-7-12(8-6-11)19(20,21)22/h2-10H,1H3,(H,25,26). The molecule has 2 aromatic heterocycles. The molecule has 0 aliphatic carbocycles. The second-order valence-corrected chi connectivity index (χ2v) is 9.19. The summed E-state index contributed by atoms with van der Waals surface area (Å²) < 4.78 is 70.0. The molecule has 0 radical (unpaired) electrons. The average Bonchev–Trinajstić information content (AvgIpc) is 3.09. The third-order valence-corrected chi connectivity index (χ3v) is 5.65. The maximum absolute atomic E-state index is 12.8. The Labute approximate surface area is 178 Å². The maximum atomic E-state index is 12.8. The van der Waals surface area contributed by atoms with Crippen LogP contribution in [0.2, 0.25) is 0 Å². The first-order valence-corrected chi connectivity index (χ1v) is 11.3. The minimum Gasteiger partial charge on any atom is -0.437 e. The molecule has 0 amide bonds. The van der Waals surface area contributed by atoms with Gasteiger partial charge < -0.3 is 4.74 Å². The lowest BCUT2D eigenvalue weighted by atomic mass is 10.1. The van der Waals surface area contributed by atoms with Gasteiger partial charge in [0.1, 0.15) is 11.8 Å². The quantitative estimate of drug-likeness (QED) is 0.448. The number of sulfonamides is 1. The second-order valence-electron chi connectivity index (χ2n) is 6.41. The number of para-hydroxylation sites is 1. The number of alkyl halides is 3. The Hall–Kier alpha value is -3.25. The number of benzene rings is 2. The van der Waals surface area contributed by atoms with Crippen LogP contribution in [0, 0.1) is 0 Å². The minimum absolute atomic E-state index is 0.156. The Morgan fingerprint density at radius 3 is 2.48 bits per heavy atom. The van der Waals surface area contributed by atoms with Crippen molar-refractivity contribution in [2.75, 3.05) is 11.0 Å². The van der Waals surface area contributed by atoms with Crippen molar-refractivity contribution in [3.8, 4) is 22.9 Å². The topological polar surface area (TPSA) is 94.1 Å². The van der Waals surface area contributed by atoms with E-state index in [1.807, 2.05) is 0 Å². The molecule has 31 heavy (non-hydrogen) atoms. The summed E-state index contributed by atoms with van der Waals surface area (Å²) in [6.07, 6.45) is -2.16. The van der Waals surface area contributed by atoms with E-state index < -0.39 is 21.8 Å². The second kappa shape index (κ2) is 7.78. The summed E-state index contributed by atoms with van der Waals surface area (Å²) in [4.78, 5) is 12.4. The van der Waals surface area contributed by atoms with E-state index >= 15 is 0 Å². The van der Waals surface area contributed by atoms with Gasteiger partial charge in [-0.3, -0.25) is 4.72 Å². The first-order valence-electron chi connectivity index (χ1n) is 8.63. The zero-order valence-electron chi connectivity index (χ0n) is 15.7. The molecule has 0 atom stereocenters. The van der Waals surface area contributed by atoms with Gasteiger partial charge >= 0.3 is 6.18 Å². The molecule has 0 aliphatic heterocycles. The number of nitrogens with zero attached hydrogens (tertiary/aromatic N) is 3. The lowest BCUT2D eigenvalue weighted by Gasteiger charge is -2.09. The van der Waals surface area contributed by atoms with Gasteiger partial charge in [0.2, 0.25) is 15.9 Å². The van der Waals surface area contributed by atoms with Gasteiger partial charge in [0, 0.05) is 11.6 Å². The number of hydrogen-bond donors (Lipinski definition) is 1. The Balaban J connectivity index is 1.63. The van der Waals surface area contributed by atoms with Crippen molar-refractivity contribution in [1.82, 2.24) is 15.0 Å². The average molecular weight is 466 g/mol. The summed E-state index contributed by atoms with van der Waals surface area (Å²) in [5.41, 5.74) is 0.527. The van der Waals surface area contributed by atoms with Crippen LogP contribution in [0.3, 0.4) is 0 Å². The van der Waals surface area contributed by atoms with E-state index in [-0.39, 0.29) is 11.0 Å². The van der Waals surface area contributed by atoms with Gasteiger partial charge in [-0.2, -0.15) is 13.2 Å². The lowest BCUT2D eigenvalue weighted by Crippen LogP contribution is -2.08. The Morgan fingerprint density at radius 2 is 1.81 bits per heavy atom. The van der Waals surface area contributed by atoms with Gasteiger partial charge in [0.15, 0.2) is 10.9 Å². The van der Waals surface area contributed by atoms with Crippen molar-refractivity contribution < 1.29 is 26.3 Å². The molecule has 0 fully saturated rings. The van der Waals surface area contributed by atoms with Gasteiger partial charge in [0.05, 0.1) is 22.2 Å². The number of fused-ring (bicyclic) bond motifs is 1. The number of rotatable bonds is 5. The molecule has 12 heteroatoms. The van der Waals surface area contributed by atoms with Crippen LogP contribution in [0.4, 0.5) is 18.3 Å². The van der Waals surface area contributed by atoms with Crippen LogP contribution < -0.4 is 9.46 Å². The van der Waals surface area contributed by atoms with Crippen molar-refractivity contribution in [2.45, 2.75) is 6.18 Å². The molecule has 2 heterocycles. The smallest absolute Gasteiger partial charge is 0.416 e. The molecular formula is C19H13F3N4O3S2. The van der Waals surface area contributed by atoms with Crippen molar-refractivity contribution in [2.24, 2.45) is 0 Å². The summed E-state index contributed by atoms with van der Waals surface area (Å²) in [7, 11) is -3.48. The summed E-state index contributed by atoms with van der Waals surface area (Å²) >= 11 is 1.15. The van der Waals surface area contributed by atoms with Crippen molar-refractivity contribution in [1.29, 1.82) is 0 Å². The monoisotopic (exact) mass is 466 g/mol. The van der Waals surface area contributed by atoms with Gasteiger partial charge in [-0.05, 0) is 24.3 Å². The zero-order valence-corrected chi connectivity index (χ0v) is 17.3. The predicted molar refractivity (Wildman–Crippen MR) is 111 cm³/mol. The van der Waals surface area contributed by atoms with Crippen molar-refractivity contribution in [3.63, 3.8) is 0 Å². The number of thiazole rings is 1. The number of nitrogens with one attached hydrogen (secondary N) is 1. The fraction of sp³-hybridized carbons (Fsp3) is 0.105. The molecule has 0 unspecified atom stereocenters. The highest BCUT2D eigenvalue weighted by molar-refractivity contribution is 7.92. The van der Waals surface area contributed by atoms with Crippen LogP contribution in [-0.4, -0.2) is 29.6 Å². The minimum atomic E-state index is -4.42. The Kier molecular flexibility index (Phi) is 5.27. The predicted octanol–water partition coefficient (Wildman–Crippen LogP) is 4.94. The van der Waals surface area contributed by atoms with E-state index in [2.05, 4.69) is 19.7 Å². The number of hydrogen-bond acceptors (Lipinski definition) is 7. The van der Waals surface area contributed by atoms with Crippen molar-refractivity contribution >= 4 is 36.7 Å². The van der Waals surface area contributed by atoms with E-state index in [4.69, 9.17) is 4.74 Å². The Morgan fingerprint density at radius 1 is 1.06 bits per heavy atom. The van der Waals surface area contributed by atoms with Gasteiger partial charge in [-0.1, -0.05) is 29.5 Å². The zero-order chi connectivity index (χ0) is 22.2. The molecule has 2 aromatic carbocycles. The molecule has 160 valence electrons. The van der Waals surface area contributed by atoms with Crippen LogP contribution in [-0.2, 0) is 16.2 Å². The molecule has 0 spiro atoms. The van der Waals surface area contributed by atoms with Gasteiger partial charge in [0.25, 0.3) is 0 Å². The summed E-state index contributed by atoms with van der Waals surface area (Å²) in [6.45, 7) is 0.